The van der Waals surface area contributed by atoms with Crippen LogP contribution in [0.3, 0.4) is 0 Å². The lowest BCUT2D eigenvalue weighted by Crippen LogP contribution is -2.38. The number of hydrogen-bond acceptors (Lipinski definition) is 3. The summed E-state index contributed by atoms with van der Waals surface area (Å²) in [5.74, 6) is 0.717. The van der Waals surface area contributed by atoms with E-state index >= 15 is 0 Å². The molecule has 3 nitrogen and oxygen atoms in total. The van der Waals surface area contributed by atoms with E-state index in [2.05, 4.69) is 35.1 Å². The molecular weight excluding hydrogens is 294 g/mol. The second-order valence-electron chi connectivity index (χ2n) is 5.45. The average Bonchev–Trinajstić information content (AvgIpc) is 2.22. The van der Waals surface area contributed by atoms with E-state index in [9.17, 15) is 10.2 Å². The van der Waals surface area contributed by atoms with Crippen molar-refractivity contribution in [3.8, 4) is 5.75 Å². The number of hydrogen-bond donors (Lipinski definition) is 3. The van der Waals surface area contributed by atoms with E-state index in [4.69, 9.17) is 0 Å². The molecule has 0 aliphatic rings. The number of aliphatic hydroxyl groups is 1. The monoisotopic (exact) mass is 315 g/mol. The highest BCUT2D eigenvalue weighted by Crippen LogP contribution is 2.27. The summed E-state index contributed by atoms with van der Waals surface area (Å²) in [6, 6.07) is 5.55. The summed E-state index contributed by atoms with van der Waals surface area (Å²) >= 11 is 3.28. The van der Waals surface area contributed by atoms with Gasteiger partial charge in [-0.2, -0.15) is 0 Å². The summed E-state index contributed by atoms with van der Waals surface area (Å²) in [7, 11) is 0. The van der Waals surface area contributed by atoms with E-state index in [1.807, 2.05) is 19.1 Å². The van der Waals surface area contributed by atoms with Gasteiger partial charge in [0.15, 0.2) is 0 Å². The zero-order chi connectivity index (χ0) is 13.8. The zero-order valence-electron chi connectivity index (χ0n) is 11.2. The van der Waals surface area contributed by atoms with Crippen molar-refractivity contribution in [1.82, 2.24) is 5.32 Å². The highest BCUT2D eigenvalue weighted by Gasteiger charge is 2.21. The summed E-state index contributed by atoms with van der Waals surface area (Å²) in [4.78, 5) is 0. The van der Waals surface area contributed by atoms with Gasteiger partial charge in [-0.15, -0.1) is 0 Å². The van der Waals surface area contributed by atoms with Crippen LogP contribution in [-0.2, 0) is 6.54 Å². The first-order valence-electron chi connectivity index (χ1n) is 6.21. The molecule has 0 amide bonds. The molecule has 0 radical (unpaired) electrons. The van der Waals surface area contributed by atoms with Crippen molar-refractivity contribution in [3.63, 3.8) is 0 Å². The summed E-state index contributed by atoms with van der Waals surface area (Å²) in [5.41, 5.74) is 0.111. The van der Waals surface area contributed by atoms with Crippen LogP contribution in [0.1, 0.15) is 32.8 Å². The number of nitrogens with one attached hydrogen (secondary N) is 1. The van der Waals surface area contributed by atoms with Crippen LogP contribution in [0.5, 0.6) is 5.75 Å². The number of benzene rings is 1. The van der Waals surface area contributed by atoms with Crippen LogP contribution < -0.4 is 5.32 Å². The highest BCUT2D eigenvalue weighted by molar-refractivity contribution is 9.10. The lowest BCUT2D eigenvalue weighted by atomic mass is 9.94. The fourth-order valence-corrected chi connectivity index (χ4v) is 2.53. The Kier molecular flexibility index (Phi) is 5.63. The van der Waals surface area contributed by atoms with Gasteiger partial charge in [-0.1, -0.05) is 26.0 Å². The molecule has 0 aliphatic carbocycles. The lowest BCUT2D eigenvalue weighted by molar-refractivity contribution is 0.0383. The third kappa shape index (κ3) is 4.96. The van der Waals surface area contributed by atoms with Gasteiger partial charge in [-0.25, -0.2) is 0 Å². The number of phenolic OH excluding ortho intramolecular Hbond substituents is 1. The standard InChI is InChI=1S/C14H22BrNO2/c1-10(2)7-14(3,18)9-16-8-11-5-4-6-12(15)13(11)17/h4-6,10,16-18H,7-9H2,1-3H3. The van der Waals surface area contributed by atoms with Gasteiger partial charge in [0.2, 0.25) is 0 Å². The first-order chi connectivity index (χ1) is 8.32. The molecule has 0 heterocycles. The minimum atomic E-state index is -0.713. The number of halogens is 1. The molecule has 0 aromatic heterocycles. The van der Waals surface area contributed by atoms with Crippen LogP contribution >= 0.6 is 15.9 Å². The van der Waals surface area contributed by atoms with Gasteiger partial charge in [0.25, 0.3) is 0 Å². The Balaban J connectivity index is 2.49. The van der Waals surface area contributed by atoms with E-state index in [1.165, 1.54) is 0 Å². The van der Waals surface area contributed by atoms with Crippen molar-refractivity contribution in [2.45, 2.75) is 39.3 Å². The maximum Gasteiger partial charge on any atom is 0.134 e. The Morgan fingerprint density at radius 2 is 2.06 bits per heavy atom. The maximum absolute atomic E-state index is 10.2. The molecule has 0 bridgehead atoms. The number of phenols is 1. The molecule has 0 saturated carbocycles. The fourth-order valence-electron chi connectivity index (χ4n) is 2.12. The van der Waals surface area contributed by atoms with Crippen LogP contribution in [0.15, 0.2) is 22.7 Å². The summed E-state index contributed by atoms with van der Waals surface area (Å²) < 4.78 is 0.691. The molecule has 18 heavy (non-hydrogen) atoms. The molecule has 0 saturated heterocycles. The second-order valence-corrected chi connectivity index (χ2v) is 6.30. The Labute approximate surface area is 117 Å². The third-order valence-corrected chi connectivity index (χ3v) is 3.38. The van der Waals surface area contributed by atoms with E-state index in [1.54, 1.807) is 6.07 Å². The normalized spacial score (nSPS) is 14.8. The smallest absolute Gasteiger partial charge is 0.134 e. The van der Waals surface area contributed by atoms with Crippen molar-refractivity contribution in [3.05, 3.63) is 28.2 Å². The average molecular weight is 316 g/mol. The molecule has 1 aromatic rings. The minimum absolute atomic E-state index is 0.258. The molecule has 0 spiro atoms. The summed E-state index contributed by atoms with van der Waals surface area (Å²) in [5, 5.41) is 23.2. The predicted molar refractivity (Wildman–Crippen MR) is 77.6 cm³/mol. The van der Waals surface area contributed by atoms with Crippen molar-refractivity contribution in [1.29, 1.82) is 0 Å². The first-order valence-corrected chi connectivity index (χ1v) is 7.00. The minimum Gasteiger partial charge on any atom is -0.506 e. The van der Waals surface area contributed by atoms with Gasteiger partial charge >= 0.3 is 0 Å². The third-order valence-electron chi connectivity index (χ3n) is 2.74. The Morgan fingerprint density at radius 3 is 2.67 bits per heavy atom. The summed E-state index contributed by atoms with van der Waals surface area (Å²) in [6.45, 7) is 7.07. The summed E-state index contributed by atoms with van der Waals surface area (Å²) in [6.07, 6.45) is 0.754. The van der Waals surface area contributed by atoms with Gasteiger partial charge in [-0.05, 0) is 41.3 Å². The molecule has 102 valence electrons. The highest BCUT2D eigenvalue weighted by atomic mass is 79.9. The van der Waals surface area contributed by atoms with Crippen LogP contribution in [0.2, 0.25) is 0 Å². The number of rotatable bonds is 6. The first kappa shape index (κ1) is 15.5. The van der Waals surface area contributed by atoms with Crippen LogP contribution in [-0.4, -0.2) is 22.4 Å². The maximum atomic E-state index is 10.2. The topological polar surface area (TPSA) is 52.5 Å². The van der Waals surface area contributed by atoms with E-state index in [0.29, 0.717) is 23.5 Å². The van der Waals surface area contributed by atoms with E-state index < -0.39 is 5.60 Å². The van der Waals surface area contributed by atoms with Crippen LogP contribution in [0.25, 0.3) is 0 Å². The lowest BCUT2D eigenvalue weighted by Gasteiger charge is -2.25. The fraction of sp³-hybridized carbons (Fsp3) is 0.571. The van der Waals surface area contributed by atoms with Crippen LogP contribution in [0.4, 0.5) is 0 Å². The largest absolute Gasteiger partial charge is 0.506 e. The van der Waals surface area contributed by atoms with E-state index in [-0.39, 0.29) is 5.75 Å². The molecular formula is C14H22BrNO2. The molecule has 1 atom stereocenters. The van der Waals surface area contributed by atoms with Crippen molar-refractivity contribution in [2.75, 3.05) is 6.54 Å². The molecule has 1 aromatic carbocycles. The Morgan fingerprint density at radius 1 is 1.39 bits per heavy atom. The Bertz CT molecular complexity index is 391. The number of para-hydroxylation sites is 1. The molecule has 3 N–H and O–H groups in total. The van der Waals surface area contributed by atoms with E-state index in [0.717, 1.165) is 12.0 Å². The molecule has 0 fully saturated rings. The van der Waals surface area contributed by atoms with Gasteiger partial charge < -0.3 is 15.5 Å². The van der Waals surface area contributed by atoms with Gasteiger partial charge in [0, 0.05) is 18.7 Å². The second kappa shape index (κ2) is 6.55. The zero-order valence-corrected chi connectivity index (χ0v) is 12.8. The molecule has 1 rings (SSSR count). The molecule has 1 unspecified atom stereocenters. The molecule has 0 aliphatic heterocycles. The SMILES string of the molecule is CC(C)CC(C)(O)CNCc1cccc(Br)c1O. The van der Waals surface area contributed by atoms with Crippen molar-refractivity contribution in [2.24, 2.45) is 5.92 Å². The predicted octanol–water partition coefficient (Wildman–Crippen LogP) is 3.04. The van der Waals surface area contributed by atoms with Gasteiger partial charge in [0.05, 0.1) is 10.1 Å². The van der Waals surface area contributed by atoms with Crippen LogP contribution in [0, 0.1) is 5.92 Å². The van der Waals surface area contributed by atoms with Gasteiger partial charge in [-0.3, -0.25) is 0 Å². The molecule has 4 heteroatoms. The van der Waals surface area contributed by atoms with Crippen molar-refractivity contribution < 1.29 is 10.2 Å². The quantitative estimate of drug-likeness (QED) is 0.756. The number of aromatic hydroxyl groups is 1. The Hall–Kier alpha value is -0.580. The van der Waals surface area contributed by atoms with Gasteiger partial charge in [0.1, 0.15) is 5.75 Å². The van der Waals surface area contributed by atoms with Crippen molar-refractivity contribution >= 4 is 15.9 Å².